The Bertz CT molecular complexity index is 282. The molecule has 0 aliphatic carbocycles. The quantitative estimate of drug-likeness (QED) is 0.837. The summed E-state index contributed by atoms with van der Waals surface area (Å²) in [6, 6.07) is 0.641. The standard InChI is InChI=1S/C15H28N2O/c1-15(2)8-6-14(18)17(12-9-15)11-7-13-5-3-4-10-16-13/h13,16H,3-12H2,1-2H3. The third-order valence-corrected chi connectivity index (χ3v) is 4.59. The Morgan fingerprint density at radius 1 is 1.33 bits per heavy atom. The molecule has 3 nitrogen and oxygen atoms in total. The summed E-state index contributed by atoms with van der Waals surface area (Å²) in [6.45, 7) is 7.63. The van der Waals surface area contributed by atoms with Crippen molar-refractivity contribution >= 4 is 5.91 Å². The number of hydrogen-bond donors (Lipinski definition) is 1. The van der Waals surface area contributed by atoms with Crippen LogP contribution in [0.15, 0.2) is 0 Å². The molecule has 2 heterocycles. The first-order valence-electron chi connectivity index (χ1n) is 7.58. The van der Waals surface area contributed by atoms with Gasteiger partial charge in [0.15, 0.2) is 0 Å². The monoisotopic (exact) mass is 252 g/mol. The highest BCUT2D eigenvalue weighted by molar-refractivity contribution is 5.76. The fourth-order valence-corrected chi connectivity index (χ4v) is 3.01. The summed E-state index contributed by atoms with van der Waals surface area (Å²) in [5.41, 5.74) is 0.341. The van der Waals surface area contributed by atoms with E-state index in [0.717, 1.165) is 45.3 Å². The van der Waals surface area contributed by atoms with Crippen LogP contribution < -0.4 is 5.32 Å². The molecule has 2 aliphatic heterocycles. The van der Waals surface area contributed by atoms with E-state index < -0.39 is 0 Å². The number of hydrogen-bond acceptors (Lipinski definition) is 2. The topological polar surface area (TPSA) is 32.3 Å². The predicted molar refractivity (Wildman–Crippen MR) is 74.5 cm³/mol. The molecule has 0 saturated carbocycles. The van der Waals surface area contributed by atoms with Crippen molar-refractivity contribution in [2.24, 2.45) is 5.41 Å². The van der Waals surface area contributed by atoms with Crippen molar-refractivity contribution in [1.82, 2.24) is 10.2 Å². The second kappa shape index (κ2) is 6.05. The van der Waals surface area contributed by atoms with E-state index in [2.05, 4.69) is 24.1 Å². The van der Waals surface area contributed by atoms with E-state index in [9.17, 15) is 4.79 Å². The number of carbonyl (C=O) groups is 1. The Labute approximate surface area is 111 Å². The molecule has 2 rings (SSSR count). The predicted octanol–water partition coefficient (Wildman–Crippen LogP) is 2.56. The van der Waals surface area contributed by atoms with Crippen molar-refractivity contribution < 1.29 is 4.79 Å². The molecule has 1 amide bonds. The Kier molecular flexibility index (Phi) is 4.66. The zero-order valence-electron chi connectivity index (χ0n) is 12.0. The molecule has 0 aromatic rings. The first kappa shape index (κ1) is 13.9. The summed E-state index contributed by atoms with van der Waals surface area (Å²) in [5, 5.41) is 3.57. The average Bonchev–Trinajstić information content (AvgIpc) is 2.49. The molecule has 104 valence electrons. The maximum absolute atomic E-state index is 12.1. The van der Waals surface area contributed by atoms with Gasteiger partial charge in [-0.05, 0) is 44.1 Å². The number of nitrogens with one attached hydrogen (secondary N) is 1. The van der Waals surface area contributed by atoms with Gasteiger partial charge in [0.1, 0.15) is 0 Å². The molecule has 18 heavy (non-hydrogen) atoms. The van der Waals surface area contributed by atoms with Crippen molar-refractivity contribution in [3.05, 3.63) is 0 Å². The van der Waals surface area contributed by atoms with Gasteiger partial charge in [0.25, 0.3) is 0 Å². The van der Waals surface area contributed by atoms with Gasteiger partial charge in [-0.15, -0.1) is 0 Å². The summed E-state index contributed by atoms with van der Waals surface area (Å²) in [7, 11) is 0. The molecule has 3 heteroatoms. The number of carbonyl (C=O) groups excluding carboxylic acids is 1. The molecule has 1 atom stereocenters. The smallest absolute Gasteiger partial charge is 0.222 e. The molecular formula is C15H28N2O. The molecule has 0 radical (unpaired) electrons. The Hall–Kier alpha value is -0.570. The van der Waals surface area contributed by atoms with Gasteiger partial charge in [-0.1, -0.05) is 20.3 Å². The normalized spacial score (nSPS) is 29.1. The number of amides is 1. The Morgan fingerprint density at radius 2 is 2.17 bits per heavy atom. The van der Waals surface area contributed by atoms with Crippen molar-refractivity contribution in [2.75, 3.05) is 19.6 Å². The lowest BCUT2D eigenvalue weighted by Crippen LogP contribution is -2.39. The zero-order chi connectivity index (χ0) is 13.0. The molecule has 0 bridgehead atoms. The van der Waals surface area contributed by atoms with E-state index in [0.29, 0.717) is 17.4 Å². The number of likely N-dealkylation sites (tertiary alicyclic amines) is 1. The molecule has 0 aromatic heterocycles. The largest absolute Gasteiger partial charge is 0.343 e. The van der Waals surface area contributed by atoms with Gasteiger partial charge < -0.3 is 10.2 Å². The van der Waals surface area contributed by atoms with Crippen molar-refractivity contribution in [1.29, 1.82) is 0 Å². The minimum Gasteiger partial charge on any atom is -0.343 e. The second-order valence-corrected chi connectivity index (χ2v) is 6.73. The second-order valence-electron chi connectivity index (χ2n) is 6.73. The molecule has 2 aliphatic rings. The summed E-state index contributed by atoms with van der Waals surface area (Å²) in [5.74, 6) is 0.372. The Balaban J connectivity index is 1.78. The van der Waals surface area contributed by atoms with Gasteiger partial charge in [-0.3, -0.25) is 4.79 Å². The van der Waals surface area contributed by atoms with Crippen LogP contribution in [0.3, 0.4) is 0 Å². The molecule has 1 unspecified atom stereocenters. The molecule has 0 spiro atoms. The number of piperidine rings is 1. The lowest BCUT2D eigenvalue weighted by molar-refractivity contribution is -0.130. The van der Waals surface area contributed by atoms with E-state index in [4.69, 9.17) is 0 Å². The van der Waals surface area contributed by atoms with Crippen LogP contribution in [0.25, 0.3) is 0 Å². The van der Waals surface area contributed by atoms with Gasteiger partial charge in [0.05, 0.1) is 0 Å². The lowest BCUT2D eigenvalue weighted by Gasteiger charge is -2.28. The maximum Gasteiger partial charge on any atom is 0.222 e. The van der Waals surface area contributed by atoms with E-state index in [1.165, 1.54) is 19.3 Å². The van der Waals surface area contributed by atoms with Crippen LogP contribution >= 0.6 is 0 Å². The van der Waals surface area contributed by atoms with E-state index in [-0.39, 0.29) is 0 Å². The zero-order valence-corrected chi connectivity index (χ0v) is 12.0. The van der Waals surface area contributed by atoms with Crippen molar-refractivity contribution in [3.8, 4) is 0 Å². The summed E-state index contributed by atoms with van der Waals surface area (Å²) in [4.78, 5) is 14.2. The van der Waals surface area contributed by atoms with Crippen molar-refractivity contribution in [2.45, 2.75) is 64.8 Å². The van der Waals surface area contributed by atoms with Crippen LogP contribution in [0.5, 0.6) is 0 Å². The minimum absolute atomic E-state index is 0.341. The van der Waals surface area contributed by atoms with Gasteiger partial charge in [-0.25, -0.2) is 0 Å². The van der Waals surface area contributed by atoms with E-state index in [1.54, 1.807) is 0 Å². The van der Waals surface area contributed by atoms with Crippen LogP contribution in [-0.2, 0) is 4.79 Å². The first-order valence-corrected chi connectivity index (χ1v) is 7.58. The molecule has 0 aromatic carbocycles. The third kappa shape index (κ3) is 3.98. The van der Waals surface area contributed by atoms with Gasteiger partial charge in [0.2, 0.25) is 5.91 Å². The van der Waals surface area contributed by atoms with Crippen LogP contribution in [0.2, 0.25) is 0 Å². The van der Waals surface area contributed by atoms with Gasteiger partial charge >= 0.3 is 0 Å². The van der Waals surface area contributed by atoms with Crippen molar-refractivity contribution in [3.63, 3.8) is 0 Å². The highest BCUT2D eigenvalue weighted by atomic mass is 16.2. The van der Waals surface area contributed by atoms with Crippen LogP contribution in [-0.4, -0.2) is 36.5 Å². The lowest BCUT2D eigenvalue weighted by atomic mass is 9.85. The molecule has 2 saturated heterocycles. The van der Waals surface area contributed by atoms with E-state index >= 15 is 0 Å². The Morgan fingerprint density at radius 3 is 2.89 bits per heavy atom. The number of rotatable bonds is 3. The van der Waals surface area contributed by atoms with Crippen LogP contribution in [0.4, 0.5) is 0 Å². The van der Waals surface area contributed by atoms with Gasteiger partial charge in [0, 0.05) is 25.6 Å². The summed E-state index contributed by atoms with van der Waals surface area (Å²) < 4.78 is 0. The van der Waals surface area contributed by atoms with Crippen LogP contribution in [0, 0.1) is 5.41 Å². The SMILES string of the molecule is CC1(C)CCC(=O)N(CCC2CCCCN2)CC1. The third-order valence-electron chi connectivity index (χ3n) is 4.59. The highest BCUT2D eigenvalue weighted by Gasteiger charge is 2.27. The first-order chi connectivity index (χ1) is 8.57. The van der Waals surface area contributed by atoms with Crippen LogP contribution in [0.1, 0.15) is 58.8 Å². The van der Waals surface area contributed by atoms with Gasteiger partial charge in [-0.2, -0.15) is 0 Å². The molecule has 2 fully saturated rings. The molecule has 1 N–H and O–H groups in total. The highest BCUT2D eigenvalue weighted by Crippen LogP contribution is 2.30. The summed E-state index contributed by atoms with van der Waals surface area (Å²) in [6.07, 6.45) is 8.01. The fraction of sp³-hybridized carbons (Fsp3) is 0.933. The number of nitrogens with zero attached hydrogens (tertiary/aromatic N) is 1. The van der Waals surface area contributed by atoms with E-state index in [1.807, 2.05) is 0 Å². The minimum atomic E-state index is 0.341. The average molecular weight is 252 g/mol. The fourth-order valence-electron chi connectivity index (χ4n) is 3.01. The summed E-state index contributed by atoms with van der Waals surface area (Å²) >= 11 is 0. The molecular weight excluding hydrogens is 224 g/mol. The maximum atomic E-state index is 12.1.